The first-order valence-electron chi connectivity index (χ1n) is 14.1. The summed E-state index contributed by atoms with van der Waals surface area (Å²) in [4.78, 5) is 20.7. The molecular formula is C32H40N2O3S. The van der Waals surface area contributed by atoms with Crippen LogP contribution in [0.25, 0.3) is 11.3 Å². The number of hydrogen-bond acceptors (Lipinski definition) is 5. The van der Waals surface area contributed by atoms with Crippen LogP contribution in [-0.4, -0.2) is 35.8 Å². The molecular weight excluding hydrogens is 492 g/mol. The number of carbonyl (C=O) groups is 1. The Kier molecular flexibility index (Phi) is 8.49. The molecule has 0 bridgehead atoms. The first-order valence-corrected chi connectivity index (χ1v) is 15.0. The van der Waals surface area contributed by atoms with Crippen LogP contribution >= 0.6 is 11.3 Å². The van der Waals surface area contributed by atoms with E-state index >= 15 is 0 Å². The molecule has 1 heterocycles. The Morgan fingerprint density at radius 3 is 2.45 bits per heavy atom. The molecule has 0 spiro atoms. The van der Waals surface area contributed by atoms with E-state index in [1.807, 2.05) is 13.0 Å². The molecule has 2 aliphatic rings. The zero-order valence-corrected chi connectivity index (χ0v) is 23.7. The van der Waals surface area contributed by atoms with Crippen molar-refractivity contribution < 1.29 is 14.6 Å². The highest BCUT2D eigenvalue weighted by molar-refractivity contribution is 7.09. The number of carbonyl (C=O) groups excluding carboxylic acids is 1. The van der Waals surface area contributed by atoms with Crippen molar-refractivity contribution in [1.29, 1.82) is 0 Å². The number of thiazole rings is 1. The Bertz CT molecular complexity index is 1240. The van der Waals surface area contributed by atoms with Gasteiger partial charge in [-0.15, -0.1) is 11.3 Å². The molecule has 38 heavy (non-hydrogen) atoms. The molecule has 1 aromatic heterocycles. The average Bonchev–Trinajstić information content (AvgIpc) is 3.38. The Hall–Kier alpha value is -2.70. The first-order chi connectivity index (χ1) is 18.4. The largest absolute Gasteiger partial charge is 0.496 e. The lowest BCUT2D eigenvalue weighted by atomic mass is 9.78. The van der Waals surface area contributed by atoms with Crippen molar-refractivity contribution in [3.05, 3.63) is 64.0 Å². The third-order valence-corrected chi connectivity index (χ3v) is 9.34. The van der Waals surface area contributed by atoms with E-state index in [0.717, 1.165) is 85.6 Å². The number of aromatic nitrogens is 1. The highest BCUT2D eigenvalue weighted by Gasteiger charge is 2.32. The summed E-state index contributed by atoms with van der Waals surface area (Å²) in [5, 5.41) is 13.2. The molecule has 0 radical (unpaired) electrons. The third kappa shape index (κ3) is 6.13. The van der Waals surface area contributed by atoms with E-state index in [-0.39, 0.29) is 17.9 Å². The molecule has 202 valence electrons. The van der Waals surface area contributed by atoms with E-state index in [9.17, 15) is 9.90 Å². The fourth-order valence-corrected chi connectivity index (χ4v) is 6.91. The molecule has 2 aromatic carbocycles. The second-order valence-electron chi connectivity index (χ2n) is 11.2. The first kappa shape index (κ1) is 26.9. The van der Waals surface area contributed by atoms with E-state index in [4.69, 9.17) is 4.74 Å². The smallest absolute Gasteiger partial charge is 0.230 e. The van der Waals surface area contributed by atoms with E-state index in [2.05, 4.69) is 58.6 Å². The van der Waals surface area contributed by atoms with Crippen molar-refractivity contribution in [2.75, 3.05) is 18.6 Å². The van der Waals surface area contributed by atoms with E-state index in [1.165, 1.54) is 11.1 Å². The third-order valence-electron chi connectivity index (χ3n) is 8.56. The summed E-state index contributed by atoms with van der Waals surface area (Å²) in [6.45, 7) is 4.89. The molecule has 5 rings (SSSR count). The second kappa shape index (κ2) is 12.0. The normalized spacial score (nSPS) is 23.7. The Balaban J connectivity index is 1.32. The van der Waals surface area contributed by atoms with Gasteiger partial charge in [-0.1, -0.05) is 24.3 Å². The topological polar surface area (TPSA) is 62.7 Å². The summed E-state index contributed by atoms with van der Waals surface area (Å²) < 4.78 is 5.45. The number of ether oxygens (including phenoxy) is 1. The van der Waals surface area contributed by atoms with Gasteiger partial charge in [0.25, 0.3) is 0 Å². The maximum absolute atomic E-state index is 13.9. The van der Waals surface area contributed by atoms with Crippen LogP contribution in [0.5, 0.6) is 5.75 Å². The number of aryl methyl sites for hydroxylation is 2. The zero-order valence-electron chi connectivity index (χ0n) is 22.9. The zero-order chi connectivity index (χ0) is 26.6. The van der Waals surface area contributed by atoms with Gasteiger partial charge in [0.05, 0.1) is 23.9 Å². The van der Waals surface area contributed by atoms with Gasteiger partial charge in [-0.3, -0.25) is 4.79 Å². The highest BCUT2D eigenvalue weighted by atomic mass is 32.1. The number of anilines is 1. The number of hydrogen-bond donors (Lipinski definition) is 1. The van der Waals surface area contributed by atoms with Crippen molar-refractivity contribution in [2.24, 2.45) is 11.8 Å². The van der Waals surface area contributed by atoms with E-state index in [0.29, 0.717) is 11.8 Å². The highest BCUT2D eigenvalue weighted by Crippen LogP contribution is 2.39. The molecule has 1 N–H and O–H groups in total. The van der Waals surface area contributed by atoms with Gasteiger partial charge >= 0.3 is 0 Å². The van der Waals surface area contributed by atoms with Gasteiger partial charge in [0.2, 0.25) is 5.91 Å². The summed E-state index contributed by atoms with van der Waals surface area (Å²) in [7, 11) is 1.73. The summed E-state index contributed by atoms with van der Waals surface area (Å²) in [5.41, 5.74) is 5.59. The molecule has 2 aliphatic carbocycles. The van der Waals surface area contributed by atoms with Crippen molar-refractivity contribution in [3.8, 4) is 17.0 Å². The summed E-state index contributed by atoms with van der Waals surface area (Å²) in [6.07, 6.45) is 7.24. The van der Waals surface area contributed by atoms with Gasteiger partial charge in [0.15, 0.2) is 0 Å². The van der Waals surface area contributed by atoms with Gasteiger partial charge in [-0.25, -0.2) is 4.98 Å². The minimum Gasteiger partial charge on any atom is -0.496 e. The summed E-state index contributed by atoms with van der Waals surface area (Å²) >= 11 is 1.65. The molecule has 0 unspecified atom stereocenters. The van der Waals surface area contributed by atoms with Crippen molar-refractivity contribution >= 4 is 22.9 Å². The Morgan fingerprint density at radius 1 is 1.03 bits per heavy atom. The summed E-state index contributed by atoms with van der Waals surface area (Å²) in [5.74, 6) is 2.20. The minimum atomic E-state index is -0.263. The van der Waals surface area contributed by atoms with Gasteiger partial charge in [-0.2, -0.15) is 0 Å². The van der Waals surface area contributed by atoms with E-state index < -0.39 is 0 Å². The maximum Gasteiger partial charge on any atom is 0.230 e. The van der Waals surface area contributed by atoms with Gasteiger partial charge in [0.1, 0.15) is 5.75 Å². The Labute approximate surface area is 230 Å². The number of methoxy groups -OCH3 is 1. The van der Waals surface area contributed by atoms with Gasteiger partial charge in [-0.05, 0) is 106 Å². The number of benzene rings is 2. The Morgan fingerprint density at radius 2 is 1.79 bits per heavy atom. The van der Waals surface area contributed by atoms with Crippen LogP contribution in [0.2, 0.25) is 0 Å². The van der Waals surface area contributed by atoms with Crippen LogP contribution in [-0.2, 0) is 4.79 Å². The number of aliphatic hydroxyl groups excluding tert-OH is 1. The molecule has 3 aromatic rings. The molecule has 2 saturated carbocycles. The van der Waals surface area contributed by atoms with Crippen LogP contribution in [0.3, 0.4) is 0 Å². The number of amides is 1. The predicted octanol–water partition coefficient (Wildman–Crippen LogP) is 7.29. The van der Waals surface area contributed by atoms with Gasteiger partial charge in [0, 0.05) is 29.1 Å². The van der Waals surface area contributed by atoms with Crippen LogP contribution in [0.1, 0.15) is 73.4 Å². The molecule has 6 heteroatoms. The summed E-state index contributed by atoms with van der Waals surface area (Å²) in [6, 6.07) is 14.9. The average molecular weight is 533 g/mol. The molecule has 5 nitrogen and oxygen atoms in total. The van der Waals surface area contributed by atoms with Crippen molar-refractivity contribution in [3.63, 3.8) is 0 Å². The molecule has 0 saturated heterocycles. The molecule has 0 aliphatic heterocycles. The minimum absolute atomic E-state index is 0.0119. The molecule has 1 amide bonds. The molecule has 2 fully saturated rings. The van der Waals surface area contributed by atoms with Gasteiger partial charge < -0.3 is 14.7 Å². The second-order valence-corrected chi connectivity index (χ2v) is 12.3. The standard InChI is InChI=1S/C32H40N2O3S/c1-21-17-26(13-16-31(21)37-3)24-9-7-23(8-10-24)19-34(32(36)25-11-14-29(35)15-12-25)28-6-4-5-27(18-28)30-20-38-22(2)33-30/h4-6,13,16-18,20,23-25,29,35H,7-12,14-15,19H2,1-3H3. The van der Waals surface area contributed by atoms with Crippen LogP contribution in [0, 0.1) is 25.7 Å². The maximum atomic E-state index is 13.9. The van der Waals surface area contributed by atoms with E-state index in [1.54, 1.807) is 18.4 Å². The van der Waals surface area contributed by atoms with Crippen LogP contribution < -0.4 is 9.64 Å². The fraction of sp³-hybridized carbons (Fsp3) is 0.500. The van der Waals surface area contributed by atoms with Crippen molar-refractivity contribution in [1.82, 2.24) is 4.98 Å². The number of aliphatic hydroxyl groups is 1. The lowest BCUT2D eigenvalue weighted by Crippen LogP contribution is -2.41. The number of rotatable bonds is 7. The lowest BCUT2D eigenvalue weighted by Gasteiger charge is -2.36. The van der Waals surface area contributed by atoms with Crippen molar-refractivity contribution in [2.45, 2.75) is 77.2 Å². The quantitative estimate of drug-likeness (QED) is 0.347. The predicted molar refractivity (Wildman–Crippen MR) is 155 cm³/mol. The lowest BCUT2D eigenvalue weighted by molar-refractivity contribution is -0.124. The van der Waals surface area contributed by atoms with Crippen LogP contribution in [0.4, 0.5) is 5.69 Å². The number of nitrogens with zero attached hydrogens (tertiary/aromatic N) is 2. The SMILES string of the molecule is COc1ccc(C2CCC(CN(C(=O)C3CCC(O)CC3)c3cccc(-c4csc(C)n4)c3)CC2)cc1C. The molecule has 0 atom stereocenters. The fourth-order valence-electron chi connectivity index (χ4n) is 6.29. The van der Waals surface area contributed by atoms with Crippen LogP contribution in [0.15, 0.2) is 47.8 Å². The monoisotopic (exact) mass is 532 g/mol.